The number of rotatable bonds is 0. The summed E-state index contributed by atoms with van der Waals surface area (Å²) in [5.74, 6) is 0. The number of carbonyl (C=O) groups excluding carboxylic acids is 1. The first-order chi connectivity index (χ1) is 1.41. The maximum atomic E-state index is 8.35. The second-order valence-electron chi connectivity index (χ2n) is 0.102. The van der Waals surface area contributed by atoms with Crippen LogP contribution in [0.5, 0.6) is 0 Å². The third-order valence-electron chi connectivity index (χ3n) is 0. The van der Waals surface area contributed by atoms with Crippen LogP contribution in [0.25, 0.3) is 0 Å². The van der Waals surface area contributed by atoms with Crippen LogP contribution >= 0.6 is 0 Å². The van der Waals surface area contributed by atoms with Gasteiger partial charge < -0.3 is 0 Å². The molecule has 0 aromatic carbocycles. The van der Waals surface area contributed by atoms with Gasteiger partial charge in [-0.2, -0.15) is 0 Å². The van der Waals surface area contributed by atoms with E-state index in [-0.39, 0.29) is 20.4 Å². The smallest absolute Gasteiger partial charge is 0.222 e. The summed E-state index contributed by atoms with van der Waals surface area (Å²) >= 11 is 0. The topological polar surface area (TPSA) is 40.9 Å². The Morgan fingerprint density at radius 3 is 1.75 bits per heavy atom. The molecule has 0 radical (unpaired) electrons. The number of hydrogen-bond acceptors (Lipinski definition) is 2. The van der Waals surface area contributed by atoms with Gasteiger partial charge in [-0.3, -0.25) is 0 Å². The molecular formula is CHNOPd. The Morgan fingerprint density at radius 1 is 1.75 bits per heavy atom. The first-order valence-electron chi connectivity index (χ1n) is 0.454. The summed E-state index contributed by atoms with van der Waals surface area (Å²) < 4.78 is 0. The van der Waals surface area contributed by atoms with Crippen molar-refractivity contribution in [3.05, 3.63) is 0 Å². The van der Waals surface area contributed by atoms with Gasteiger partial charge in [0.25, 0.3) is 0 Å². The average Bonchev–Trinajstić information content (AvgIpc) is 0.918. The minimum absolute atomic E-state index is 0. The molecule has 0 aliphatic rings. The van der Waals surface area contributed by atoms with Crippen molar-refractivity contribution in [2.45, 2.75) is 0 Å². The van der Waals surface area contributed by atoms with Crippen molar-refractivity contribution in [1.82, 2.24) is 0 Å². The molecule has 0 unspecified atom stereocenters. The van der Waals surface area contributed by atoms with Gasteiger partial charge in [0.05, 0.1) is 0 Å². The Hall–Kier alpha value is 0.0423. The van der Waals surface area contributed by atoms with Crippen LogP contribution in [0.15, 0.2) is 0 Å². The molecule has 0 rings (SSSR count). The molecule has 0 bridgehead atoms. The van der Waals surface area contributed by atoms with E-state index in [0.717, 1.165) is 6.08 Å². The average molecular weight is 149 g/mol. The minimum Gasteiger partial charge on any atom is -0.222 e. The molecule has 1 N–H and O–H groups in total. The van der Waals surface area contributed by atoms with Gasteiger partial charge in [-0.15, -0.1) is 0 Å². The van der Waals surface area contributed by atoms with Gasteiger partial charge in [-0.1, -0.05) is 0 Å². The standard InChI is InChI=1S/CHNO.Pd/c2-1-3;/h2H;. The number of nitrogens with one attached hydrogen (secondary N) is 1. The third-order valence-corrected chi connectivity index (χ3v) is 0. The Morgan fingerprint density at radius 2 is 1.75 bits per heavy atom. The zero-order valence-electron chi connectivity index (χ0n) is 1.72. The van der Waals surface area contributed by atoms with E-state index in [1.54, 1.807) is 0 Å². The molecule has 0 heterocycles. The first-order valence-corrected chi connectivity index (χ1v) is 0.454. The minimum atomic E-state index is 0. The predicted molar refractivity (Wildman–Crippen MR) is 8.41 cm³/mol. The van der Waals surface area contributed by atoms with Gasteiger partial charge in [0.15, 0.2) is 0 Å². The first kappa shape index (κ1) is 8.97. The van der Waals surface area contributed by atoms with Crippen LogP contribution in [-0.4, -0.2) is 6.08 Å². The van der Waals surface area contributed by atoms with Crippen LogP contribution in [-0.2, 0) is 25.2 Å². The maximum Gasteiger partial charge on any atom is 0.231 e. The van der Waals surface area contributed by atoms with Crippen LogP contribution in [0.4, 0.5) is 0 Å². The van der Waals surface area contributed by atoms with E-state index in [9.17, 15) is 0 Å². The molecule has 4 heavy (non-hydrogen) atoms. The summed E-state index contributed by atoms with van der Waals surface area (Å²) in [6.45, 7) is 0. The maximum absolute atomic E-state index is 8.35. The summed E-state index contributed by atoms with van der Waals surface area (Å²) in [6.07, 6.45) is 0.750. The van der Waals surface area contributed by atoms with Crippen molar-refractivity contribution in [2.24, 2.45) is 0 Å². The third kappa shape index (κ3) is 1240. The van der Waals surface area contributed by atoms with Gasteiger partial charge >= 0.3 is 0 Å². The van der Waals surface area contributed by atoms with Gasteiger partial charge in [0, 0.05) is 20.4 Å². The second kappa shape index (κ2) is 11.7. The Balaban J connectivity index is 0. The predicted octanol–water partition coefficient (Wildman–Crippen LogP) is -0.102. The van der Waals surface area contributed by atoms with Crippen LogP contribution in [0.2, 0.25) is 0 Å². The summed E-state index contributed by atoms with van der Waals surface area (Å²) in [5.41, 5.74) is 0. The zero-order valence-corrected chi connectivity index (χ0v) is 3.28. The zero-order chi connectivity index (χ0) is 2.71. The van der Waals surface area contributed by atoms with Gasteiger partial charge in [-0.05, 0) is 0 Å². The summed E-state index contributed by atoms with van der Waals surface area (Å²) in [5, 5.41) is 5.40. The van der Waals surface area contributed by atoms with Crippen LogP contribution < -0.4 is 0 Å². The summed E-state index contributed by atoms with van der Waals surface area (Å²) in [7, 11) is 0. The molecule has 0 aromatic rings. The molecule has 26 valence electrons. The summed E-state index contributed by atoms with van der Waals surface area (Å²) in [6, 6.07) is 0. The molecule has 0 aromatic heterocycles. The number of isocyanates is 1. The molecule has 0 aliphatic carbocycles. The van der Waals surface area contributed by atoms with Crippen LogP contribution in [0.3, 0.4) is 0 Å². The molecule has 0 fully saturated rings. The van der Waals surface area contributed by atoms with E-state index >= 15 is 0 Å². The fraction of sp³-hybridized carbons (Fsp3) is 0. The molecule has 0 amide bonds. The van der Waals surface area contributed by atoms with E-state index in [4.69, 9.17) is 10.2 Å². The van der Waals surface area contributed by atoms with Gasteiger partial charge in [0.1, 0.15) is 0 Å². The Labute approximate surface area is 37.4 Å². The van der Waals surface area contributed by atoms with E-state index in [1.807, 2.05) is 0 Å². The molecule has 0 atom stereocenters. The van der Waals surface area contributed by atoms with Crippen molar-refractivity contribution < 1.29 is 25.2 Å². The van der Waals surface area contributed by atoms with Crippen LogP contribution in [0.1, 0.15) is 0 Å². The van der Waals surface area contributed by atoms with Crippen molar-refractivity contribution in [2.75, 3.05) is 0 Å². The quantitative estimate of drug-likeness (QED) is 0.292. The molecule has 3 heteroatoms. The van der Waals surface area contributed by atoms with Crippen molar-refractivity contribution in [3.8, 4) is 0 Å². The summed E-state index contributed by atoms with van der Waals surface area (Å²) in [4.78, 5) is 8.35. The molecule has 2 nitrogen and oxygen atoms in total. The Kier molecular flexibility index (Phi) is 26.2. The monoisotopic (exact) mass is 149 g/mol. The Bertz CT molecular complexity index is 29.0. The molecule has 0 aliphatic heterocycles. The number of hydrogen-bond donors (Lipinski definition) is 1. The molecule has 0 saturated heterocycles. The second-order valence-corrected chi connectivity index (χ2v) is 0.102. The largest absolute Gasteiger partial charge is 0.231 e. The van der Waals surface area contributed by atoms with E-state index < -0.39 is 0 Å². The van der Waals surface area contributed by atoms with E-state index in [0.29, 0.717) is 0 Å². The van der Waals surface area contributed by atoms with E-state index in [1.165, 1.54) is 0 Å². The van der Waals surface area contributed by atoms with Crippen LogP contribution in [0, 0.1) is 5.41 Å². The fourth-order valence-corrected chi connectivity index (χ4v) is 0. The van der Waals surface area contributed by atoms with Crippen molar-refractivity contribution >= 4 is 6.08 Å². The molecule has 0 saturated carbocycles. The van der Waals surface area contributed by atoms with Gasteiger partial charge in [-0.25, -0.2) is 10.2 Å². The fourth-order valence-electron chi connectivity index (χ4n) is 0. The molecular weight excluding hydrogens is 148 g/mol. The van der Waals surface area contributed by atoms with Gasteiger partial charge in [0.2, 0.25) is 6.08 Å². The molecule has 0 spiro atoms. The normalized spacial score (nSPS) is 2.00. The van der Waals surface area contributed by atoms with E-state index in [2.05, 4.69) is 0 Å². The SMILES string of the molecule is N=C=O.[Pd]. The van der Waals surface area contributed by atoms with Crippen molar-refractivity contribution in [3.63, 3.8) is 0 Å². The van der Waals surface area contributed by atoms with Crippen molar-refractivity contribution in [1.29, 1.82) is 5.41 Å².